The summed E-state index contributed by atoms with van der Waals surface area (Å²) < 4.78 is 0. The average Bonchev–Trinajstić information content (AvgIpc) is 2.61. The zero-order valence-corrected chi connectivity index (χ0v) is 17.2. The first-order valence-corrected chi connectivity index (χ1v) is 10.8. The van der Waals surface area contributed by atoms with Crippen LogP contribution in [0.2, 0.25) is 5.02 Å². The van der Waals surface area contributed by atoms with Crippen LogP contribution >= 0.6 is 23.4 Å². The quantitative estimate of drug-likeness (QED) is 0.429. The highest BCUT2D eigenvalue weighted by Crippen LogP contribution is 2.35. The van der Waals surface area contributed by atoms with E-state index in [0.29, 0.717) is 12.0 Å². The predicted octanol–water partition coefficient (Wildman–Crippen LogP) is 3.64. The van der Waals surface area contributed by atoms with Crippen molar-refractivity contribution >= 4 is 29.3 Å². The van der Waals surface area contributed by atoms with Crippen LogP contribution in [0.1, 0.15) is 30.9 Å². The highest BCUT2D eigenvalue weighted by atomic mass is 35.5. The predicted molar refractivity (Wildman–Crippen MR) is 112 cm³/mol. The number of hydrogen-bond acceptors (Lipinski definition) is 3. The number of hydrogen-bond donors (Lipinski definition) is 2. The van der Waals surface area contributed by atoms with Gasteiger partial charge in [-0.15, -0.1) is 0 Å². The number of rotatable bonds is 7. The number of aliphatic imine (C=N–C) groups is 1. The Morgan fingerprint density at radius 1 is 1.40 bits per heavy atom. The molecule has 0 amide bonds. The van der Waals surface area contributed by atoms with Gasteiger partial charge >= 0.3 is 0 Å². The number of nitrogens with zero attached hydrogens (tertiary/aromatic N) is 2. The first-order chi connectivity index (χ1) is 12.2. The minimum atomic E-state index is 0.398. The van der Waals surface area contributed by atoms with Gasteiger partial charge < -0.3 is 10.6 Å². The molecule has 0 saturated carbocycles. The van der Waals surface area contributed by atoms with Crippen molar-refractivity contribution in [2.24, 2.45) is 10.9 Å². The van der Waals surface area contributed by atoms with E-state index in [-0.39, 0.29) is 0 Å². The molecule has 140 valence electrons. The Balaban J connectivity index is 1.95. The number of guanidine groups is 1. The Hall–Kier alpha value is -0.910. The van der Waals surface area contributed by atoms with E-state index in [1.165, 1.54) is 24.2 Å². The summed E-state index contributed by atoms with van der Waals surface area (Å²) >= 11 is 8.11. The van der Waals surface area contributed by atoms with E-state index in [9.17, 15) is 0 Å². The van der Waals surface area contributed by atoms with Crippen LogP contribution in [0, 0.1) is 5.92 Å². The van der Waals surface area contributed by atoms with E-state index >= 15 is 0 Å². The van der Waals surface area contributed by atoms with Gasteiger partial charge in [0.1, 0.15) is 0 Å². The van der Waals surface area contributed by atoms with Crippen molar-refractivity contribution in [3.63, 3.8) is 0 Å². The lowest BCUT2D eigenvalue weighted by Crippen LogP contribution is -2.45. The lowest BCUT2D eigenvalue weighted by Gasteiger charge is -2.40. The summed E-state index contributed by atoms with van der Waals surface area (Å²) in [4.78, 5) is 6.81. The van der Waals surface area contributed by atoms with Gasteiger partial charge in [0.15, 0.2) is 5.96 Å². The molecule has 1 aromatic rings. The molecule has 1 aromatic carbocycles. The zero-order chi connectivity index (χ0) is 18.1. The van der Waals surface area contributed by atoms with Crippen molar-refractivity contribution in [2.45, 2.75) is 25.3 Å². The van der Waals surface area contributed by atoms with Crippen LogP contribution in [-0.4, -0.2) is 56.6 Å². The molecule has 0 bridgehead atoms. The first kappa shape index (κ1) is 20.4. The van der Waals surface area contributed by atoms with Gasteiger partial charge in [0.05, 0.1) is 0 Å². The van der Waals surface area contributed by atoms with E-state index in [4.69, 9.17) is 11.6 Å². The molecule has 1 aliphatic heterocycles. The van der Waals surface area contributed by atoms with Gasteiger partial charge in [-0.25, -0.2) is 0 Å². The Labute approximate surface area is 161 Å². The molecule has 1 heterocycles. The van der Waals surface area contributed by atoms with Crippen molar-refractivity contribution in [2.75, 3.05) is 45.7 Å². The van der Waals surface area contributed by atoms with Crippen LogP contribution in [0.25, 0.3) is 0 Å². The van der Waals surface area contributed by atoms with Gasteiger partial charge in [-0.2, -0.15) is 11.8 Å². The van der Waals surface area contributed by atoms with Crippen LogP contribution in [-0.2, 0) is 0 Å². The van der Waals surface area contributed by atoms with Crippen molar-refractivity contribution in [1.82, 2.24) is 15.5 Å². The molecule has 1 saturated heterocycles. The fraction of sp³-hybridized carbons (Fsp3) is 0.632. The fourth-order valence-electron chi connectivity index (χ4n) is 3.56. The lowest BCUT2D eigenvalue weighted by atomic mass is 9.85. The van der Waals surface area contributed by atoms with Gasteiger partial charge in [-0.3, -0.25) is 9.89 Å². The maximum absolute atomic E-state index is 6.23. The highest BCUT2D eigenvalue weighted by Gasteiger charge is 2.30. The second kappa shape index (κ2) is 10.9. The van der Waals surface area contributed by atoms with E-state index in [0.717, 1.165) is 37.0 Å². The van der Waals surface area contributed by atoms with Gasteiger partial charge in [0.25, 0.3) is 0 Å². The largest absolute Gasteiger partial charge is 0.356 e. The monoisotopic (exact) mass is 382 g/mol. The highest BCUT2D eigenvalue weighted by molar-refractivity contribution is 7.98. The SMILES string of the molecule is CN=C(NCCCSC)NCC1CCCN(C)C1c1cccc(Cl)c1. The van der Waals surface area contributed by atoms with Crippen molar-refractivity contribution in [1.29, 1.82) is 0 Å². The van der Waals surface area contributed by atoms with Gasteiger partial charge in [0.2, 0.25) is 0 Å². The molecular formula is C19H31ClN4S. The maximum atomic E-state index is 6.23. The minimum absolute atomic E-state index is 0.398. The van der Waals surface area contributed by atoms with Crippen molar-refractivity contribution in [3.8, 4) is 0 Å². The van der Waals surface area contributed by atoms with E-state index < -0.39 is 0 Å². The number of benzene rings is 1. The summed E-state index contributed by atoms with van der Waals surface area (Å²) in [6.45, 7) is 3.02. The third-order valence-electron chi connectivity index (χ3n) is 4.77. The zero-order valence-electron chi connectivity index (χ0n) is 15.6. The fourth-order valence-corrected chi connectivity index (χ4v) is 4.19. The summed E-state index contributed by atoms with van der Waals surface area (Å²) in [6.07, 6.45) is 5.75. The number of piperidine rings is 1. The second-order valence-electron chi connectivity index (χ2n) is 6.61. The summed E-state index contributed by atoms with van der Waals surface area (Å²) in [5.41, 5.74) is 1.31. The lowest BCUT2D eigenvalue weighted by molar-refractivity contribution is 0.122. The number of thioether (sulfide) groups is 1. The third-order valence-corrected chi connectivity index (χ3v) is 5.70. The minimum Gasteiger partial charge on any atom is -0.356 e. The van der Waals surface area contributed by atoms with Crippen LogP contribution in [0.15, 0.2) is 29.3 Å². The van der Waals surface area contributed by atoms with Gasteiger partial charge in [0, 0.05) is 31.2 Å². The Bertz CT molecular complexity index is 552. The van der Waals surface area contributed by atoms with Gasteiger partial charge in [-0.05, 0) is 68.5 Å². The Morgan fingerprint density at radius 3 is 2.96 bits per heavy atom. The Morgan fingerprint density at radius 2 is 2.24 bits per heavy atom. The smallest absolute Gasteiger partial charge is 0.190 e. The van der Waals surface area contributed by atoms with Crippen LogP contribution in [0.4, 0.5) is 0 Å². The number of nitrogens with one attached hydrogen (secondary N) is 2. The molecule has 4 nitrogen and oxygen atoms in total. The number of likely N-dealkylation sites (tertiary alicyclic amines) is 1. The summed E-state index contributed by atoms with van der Waals surface area (Å²) in [5, 5.41) is 7.75. The molecule has 1 aliphatic rings. The summed E-state index contributed by atoms with van der Waals surface area (Å²) in [6, 6.07) is 8.70. The van der Waals surface area contributed by atoms with Crippen molar-refractivity contribution < 1.29 is 0 Å². The summed E-state index contributed by atoms with van der Waals surface area (Å²) in [5.74, 6) is 2.62. The molecule has 2 atom stereocenters. The standard InChI is InChI=1S/C19H31ClN4S/c1-21-19(22-10-6-12-25-3)23-14-16-8-5-11-24(2)18(16)15-7-4-9-17(20)13-15/h4,7,9,13,16,18H,5-6,8,10-12,14H2,1-3H3,(H2,21,22,23). The molecule has 1 fully saturated rings. The number of halogens is 1. The second-order valence-corrected chi connectivity index (χ2v) is 8.03. The molecule has 2 N–H and O–H groups in total. The molecule has 25 heavy (non-hydrogen) atoms. The molecular weight excluding hydrogens is 352 g/mol. The van der Waals surface area contributed by atoms with E-state index in [2.05, 4.69) is 52.0 Å². The van der Waals surface area contributed by atoms with Crippen molar-refractivity contribution in [3.05, 3.63) is 34.9 Å². The van der Waals surface area contributed by atoms with Crippen LogP contribution in [0.3, 0.4) is 0 Å². The molecule has 0 spiro atoms. The van der Waals surface area contributed by atoms with Crippen LogP contribution in [0.5, 0.6) is 0 Å². The third kappa shape index (κ3) is 6.39. The van der Waals surface area contributed by atoms with E-state index in [1.807, 2.05) is 24.9 Å². The molecule has 6 heteroatoms. The summed E-state index contributed by atoms with van der Waals surface area (Å²) in [7, 11) is 4.05. The Kier molecular flexibility index (Phi) is 8.93. The normalized spacial score (nSPS) is 22.0. The van der Waals surface area contributed by atoms with E-state index in [1.54, 1.807) is 0 Å². The first-order valence-electron chi connectivity index (χ1n) is 9.05. The topological polar surface area (TPSA) is 39.7 Å². The molecule has 2 unspecified atom stereocenters. The van der Waals surface area contributed by atoms with Gasteiger partial charge in [-0.1, -0.05) is 23.7 Å². The molecule has 0 aliphatic carbocycles. The maximum Gasteiger partial charge on any atom is 0.190 e. The molecule has 0 radical (unpaired) electrons. The molecule has 2 rings (SSSR count). The molecule has 0 aromatic heterocycles. The van der Waals surface area contributed by atoms with Crippen LogP contribution < -0.4 is 10.6 Å². The average molecular weight is 383 g/mol.